The van der Waals surface area contributed by atoms with Gasteiger partial charge in [0.25, 0.3) is 11.8 Å². The normalized spacial score (nSPS) is 17.2. The van der Waals surface area contributed by atoms with Crippen LogP contribution in [0, 0.1) is 18.3 Å². The van der Waals surface area contributed by atoms with E-state index in [0.29, 0.717) is 28.2 Å². The number of nitrogens with zero attached hydrogens (tertiary/aromatic N) is 2. The van der Waals surface area contributed by atoms with Crippen LogP contribution in [0.15, 0.2) is 59.1 Å². The van der Waals surface area contributed by atoms with E-state index in [1.54, 1.807) is 12.1 Å². The van der Waals surface area contributed by atoms with Gasteiger partial charge in [-0.3, -0.25) is 9.59 Å². The van der Waals surface area contributed by atoms with Crippen LogP contribution in [0.5, 0.6) is 0 Å². The Morgan fingerprint density at radius 2 is 1.68 bits per heavy atom. The summed E-state index contributed by atoms with van der Waals surface area (Å²) in [7, 11) is 0. The summed E-state index contributed by atoms with van der Waals surface area (Å²) >= 11 is 0. The van der Waals surface area contributed by atoms with Crippen molar-refractivity contribution in [1.82, 2.24) is 10.6 Å². The molecule has 1 heterocycles. The Morgan fingerprint density at radius 3 is 2.39 bits per heavy atom. The molecule has 2 N–H and O–H groups in total. The molecule has 1 saturated carbocycles. The van der Waals surface area contributed by atoms with E-state index in [0.717, 1.165) is 31.2 Å². The first-order valence-electron chi connectivity index (χ1n) is 10.6. The van der Waals surface area contributed by atoms with Crippen LogP contribution in [0.25, 0.3) is 5.70 Å². The van der Waals surface area contributed by atoms with E-state index >= 15 is 0 Å². The molecular formula is C25H24N4O2. The van der Waals surface area contributed by atoms with Crippen LogP contribution < -0.4 is 10.6 Å². The van der Waals surface area contributed by atoms with Crippen LogP contribution in [0.2, 0.25) is 0 Å². The first-order chi connectivity index (χ1) is 15.1. The van der Waals surface area contributed by atoms with E-state index < -0.39 is 5.91 Å². The Morgan fingerprint density at radius 1 is 1.00 bits per heavy atom. The second kappa shape index (κ2) is 8.97. The summed E-state index contributed by atoms with van der Waals surface area (Å²) in [6, 6.07) is 16.7. The molecule has 0 atom stereocenters. The molecule has 2 aromatic rings. The quantitative estimate of drug-likeness (QED) is 0.592. The van der Waals surface area contributed by atoms with E-state index in [-0.39, 0.29) is 17.5 Å². The number of hydrogen-bond donors (Lipinski definition) is 2. The van der Waals surface area contributed by atoms with Crippen molar-refractivity contribution in [2.45, 2.75) is 45.1 Å². The van der Waals surface area contributed by atoms with E-state index in [4.69, 9.17) is 0 Å². The minimum atomic E-state index is -0.408. The Kier molecular flexibility index (Phi) is 5.94. The summed E-state index contributed by atoms with van der Waals surface area (Å²) in [5.74, 6) is -0.343. The predicted molar refractivity (Wildman–Crippen MR) is 119 cm³/mol. The number of carbonyl (C=O) groups excluding carboxylic acids is 2. The molecule has 0 saturated heterocycles. The van der Waals surface area contributed by atoms with Crippen molar-refractivity contribution >= 4 is 23.3 Å². The molecule has 0 spiro atoms. The van der Waals surface area contributed by atoms with Crippen LogP contribution in [0.4, 0.5) is 0 Å². The highest BCUT2D eigenvalue weighted by Gasteiger charge is 2.28. The number of hydrogen-bond acceptors (Lipinski definition) is 4. The Balaban J connectivity index is 1.66. The number of fused-ring (bicyclic) bond motifs is 1. The van der Waals surface area contributed by atoms with E-state index in [1.165, 1.54) is 6.42 Å². The lowest BCUT2D eigenvalue weighted by Gasteiger charge is -2.22. The summed E-state index contributed by atoms with van der Waals surface area (Å²) in [6.07, 6.45) is 5.20. The fourth-order valence-electron chi connectivity index (χ4n) is 4.13. The predicted octanol–water partition coefficient (Wildman–Crippen LogP) is 3.87. The third-order valence-corrected chi connectivity index (χ3v) is 5.80. The topological polar surface area (TPSA) is 94.3 Å². The van der Waals surface area contributed by atoms with Crippen molar-refractivity contribution in [3.05, 3.63) is 76.4 Å². The molecule has 1 fully saturated rings. The molecule has 0 aromatic heterocycles. The zero-order chi connectivity index (χ0) is 21.8. The van der Waals surface area contributed by atoms with Gasteiger partial charge in [0.15, 0.2) is 0 Å². The summed E-state index contributed by atoms with van der Waals surface area (Å²) in [5, 5.41) is 15.6. The first kappa shape index (κ1) is 20.5. The van der Waals surface area contributed by atoms with E-state index in [2.05, 4.69) is 15.6 Å². The SMILES string of the molecule is Cc1ccccc1C(=O)NC1=N/C(=C(/C#N)C(=O)NC2CCCCC2)c2ccccc21. The van der Waals surface area contributed by atoms with Crippen molar-refractivity contribution in [2.75, 3.05) is 0 Å². The summed E-state index contributed by atoms with van der Waals surface area (Å²) in [5.41, 5.74) is 3.03. The Labute approximate surface area is 181 Å². The monoisotopic (exact) mass is 412 g/mol. The van der Waals surface area contributed by atoms with Crippen LogP contribution in [-0.2, 0) is 4.79 Å². The average molecular weight is 412 g/mol. The number of amidine groups is 1. The van der Waals surface area contributed by atoms with Gasteiger partial charge >= 0.3 is 0 Å². The van der Waals surface area contributed by atoms with E-state index in [9.17, 15) is 14.9 Å². The number of carbonyl (C=O) groups is 2. The van der Waals surface area contributed by atoms with Gasteiger partial charge < -0.3 is 10.6 Å². The third kappa shape index (κ3) is 4.26. The third-order valence-electron chi connectivity index (χ3n) is 5.80. The number of aliphatic imine (C=N–C) groups is 1. The second-order valence-electron chi connectivity index (χ2n) is 7.92. The number of aryl methyl sites for hydroxylation is 1. The molecule has 6 nitrogen and oxygen atoms in total. The van der Waals surface area contributed by atoms with Gasteiger partial charge in [0, 0.05) is 22.7 Å². The molecule has 1 aliphatic heterocycles. The standard InChI is InChI=1S/C25H24N4O2/c1-16-9-5-6-12-18(16)24(30)29-23-20-14-8-7-13-19(20)22(28-23)21(15-26)25(31)27-17-10-3-2-4-11-17/h5-9,12-14,17H,2-4,10-11H2,1H3,(H,27,31)(H,28,29,30)/b22-21-. The Hall–Kier alpha value is -3.72. The smallest absolute Gasteiger partial charge is 0.264 e. The molecule has 0 unspecified atom stereocenters. The van der Waals surface area contributed by atoms with Crippen molar-refractivity contribution in [1.29, 1.82) is 5.26 Å². The zero-order valence-electron chi connectivity index (χ0n) is 17.4. The van der Waals surface area contributed by atoms with Crippen molar-refractivity contribution in [3.8, 4) is 6.07 Å². The molecule has 6 heteroatoms. The fraction of sp³-hybridized carbons (Fsp3) is 0.280. The lowest BCUT2D eigenvalue weighted by molar-refractivity contribution is -0.117. The highest BCUT2D eigenvalue weighted by atomic mass is 16.2. The van der Waals surface area contributed by atoms with Crippen molar-refractivity contribution < 1.29 is 9.59 Å². The van der Waals surface area contributed by atoms with Crippen LogP contribution in [0.3, 0.4) is 0 Å². The van der Waals surface area contributed by atoms with Gasteiger partial charge in [0.2, 0.25) is 0 Å². The van der Waals surface area contributed by atoms with Gasteiger partial charge in [-0.15, -0.1) is 0 Å². The van der Waals surface area contributed by atoms with Gasteiger partial charge in [0.1, 0.15) is 17.5 Å². The first-order valence-corrected chi connectivity index (χ1v) is 10.6. The van der Waals surface area contributed by atoms with Crippen LogP contribution >= 0.6 is 0 Å². The van der Waals surface area contributed by atoms with Crippen LogP contribution in [0.1, 0.15) is 59.2 Å². The lowest BCUT2D eigenvalue weighted by Crippen LogP contribution is -2.37. The molecule has 0 bridgehead atoms. The summed E-state index contributed by atoms with van der Waals surface area (Å²) in [6.45, 7) is 1.87. The molecule has 31 heavy (non-hydrogen) atoms. The van der Waals surface area contributed by atoms with Crippen molar-refractivity contribution in [2.24, 2.45) is 4.99 Å². The lowest BCUT2D eigenvalue weighted by atomic mass is 9.95. The maximum absolute atomic E-state index is 12.9. The van der Waals surface area contributed by atoms with Gasteiger partial charge in [-0.05, 0) is 31.4 Å². The van der Waals surface area contributed by atoms with Crippen molar-refractivity contribution in [3.63, 3.8) is 0 Å². The second-order valence-corrected chi connectivity index (χ2v) is 7.92. The number of rotatable bonds is 3. The average Bonchev–Trinajstić information content (AvgIpc) is 3.13. The molecule has 156 valence electrons. The van der Waals surface area contributed by atoms with Gasteiger partial charge in [-0.1, -0.05) is 61.7 Å². The number of nitrogens with one attached hydrogen (secondary N) is 2. The summed E-state index contributed by atoms with van der Waals surface area (Å²) < 4.78 is 0. The van der Waals surface area contributed by atoms with Gasteiger partial charge in [-0.25, -0.2) is 4.99 Å². The Bertz CT molecular complexity index is 1130. The fourth-order valence-corrected chi connectivity index (χ4v) is 4.13. The molecule has 2 aliphatic rings. The summed E-state index contributed by atoms with van der Waals surface area (Å²) in [4.78, 5) is 30.2. The number of nitriles is 1. The highest BCUT2D eigenvalue weighted by molar-refractivity contribution is 6.20. The zero-order valence-corrected chi connectivity index (χ0v) is 17.4. The van der Waals surface area contributed by atoms with Gasteiger partial charge in [0.05, 0.1) is 5.70 Å². The molecular weight excluding hydrogens is 388 g/mol. The van der Waals surface area contributed by atoms with E-state index in [1.807, 2.05) is 49.4 Å². The molecule has 2 aromatic carbocycles. The maximum atomic E-state index is 12.9. The minimum Gasteiger partial charge on any atom is -0.349 e. The largest absolute Gasteiger partial charge is 0.349 e. The molecule has 2 amide bonds. The minimum absolute atomic E-state index is 0.0295. The van der Waals surface area contributed by atoms with Crippen LogP contribution in [-0.4, -0.2) is 23.7 Å². The number of benzene rings is 2. The molecule has 4 rings (SSSR count). The molecule has 0 radical (unpaired) electrons. The maximum Gasteiger partial charge on any atom is 0.264 e. The molecule has 1 aliphatic carbocycles. The number of amides is 2. The van der Waals surface area contributed by atoms with Gasteiger partial charge in [-0.2, -0.15) is 5.26 Å². The highest BCUT2D eigenvalue weighted by Crippen LogP contribution is 2.31.